The Morgan fingerprint density at radius 3 is 2.62 bits per heavy atom. The molecule has 0 fully saturated rings. The Kier molecular flexibility index (Phi) is 5.54. The molecule has 21 heavy (non-hydrogen) atoms. The van der Waals surface area contributed by atoms with Crippen LogP contribution in [0.5, 0.6) is 0 Å². The van der Waals surface area contributed by atoms with Crippen molar-refractivity contribution in [1.29, 1.82) is 0 Å². The average Bonchev–Trinajstić information content (AvgIpc) is 3.04. The van der Waals surface area contributed by atoms with Crippen molar-refractivity contribution in [2.75, 3.05) is 6.61 Å². The predicted octanol–water partition coefficient (Wildman–Crippen LogP) is 1.61. The van der Waals surface area contributed by atoms with Crippen LogP contribution in [0.25, 0.3) is 0 Å². The zero-order valence-corrected chi connectivity index (χ0v) is 12.0. The smallest absolute Gasteiger partial charge is 0.237 e. The SMILES string of the molecule is CC(NC(CO)c1ccccc1)C(=O)NCc1ccco1. The van der Waals surface area contributed by atoms with E-state index in [1.165, 1.54) is 0 Å². The van der Waals surface area contributed by atoms with E-state index in [-0.39, 0.29) is 18.6 Å². The maximum atomic E-state index is 12.0. The van der Waals surface area contributed by atoms with Crippen LogP contribution in [0, 0.1) is 0 Å². The number of carbonyl (C=O) groups is 1. The van der Waals surface area contributed by atoms with E-state index in [0.717, 1.165) is 5.56 Å². The molecule has 2 aromatic rings. The molecule has 1 heterocycles. The van der Waals surface area contributed by atoms with E-state index < -0.39 is 6.04 Å². The number of rotatable bonds is 7. The van der Waals surface area contributed by atoms with Crippen molar-refractivity contribution in [1.82, 2.24) is 10.6 Å². The lowest BCUT2D eigenvalue weighted by Gasteiger charge is -2.21. The van der Waals surface area contributed by atoms with Gasteiger partial charge in [-0.2, -0.15) is 0 Å². The topological polar surface area (TPSA) is 74.5 Å². The molecule has 2 unspecified atom stereocenters. The molecule has 0 spiro atoms. The minimum absolute atomic E-state index is 0.0696. The minimum atomic E-state index is -0.419. The van der Waals surface area contributed by atoms with Gasteiger partial charge < -0.3 is 14.8 Å². The highest BCUT2D eigenvalue weighted by molar-refractivity contribution is 5.81. The monoisotopic (exact) mass is 288 g/mol. The molecular formula is C16H20N2O3. The van der Waals surface area contributed by atoms with Gasteiger partial charge in [-0.25, -0.2) is 0 Å². The highest BCUT2D eigenvalue weighted by atomic mass is 16.3. The van der Waals surface area contributed by atoms with E-state index in [9.17, 15) is 9.90 Å². The number of benzene rings is 1. The Bertz CT molecular complexity index is 540. The van der Waals surface area contributed by atoms with Gasteiger partial charge in [0.1, 0.15) is 5.76 Å². The third-order valence-electron chi connectivity index (χ3n) is 3.25. The summed E-state index contributed by atoms with van der Waals surface area (Å²) in [5, 5.41) is 15.4. The maximum Gasteiger partial charge on any atom is 0.237 e. The van der Waals surface area contributed by atoms with Crippen LogP contribution < -0.4 is 10.6 Å². The van der Waals surface area contributed by atoms with E-state index in [1.807, 2.05) is 30.3 Å². The number of amides is 1. The Morgan fingerprint density at radius 1 is 1.24 bits per heavy atom. The van der Waals surface area contributed by atoms with Gasteiger partial charge in [0.2, 0.25) is 5.91 Å². The Labute approximate surface area is 124 Å². The molecule has 5 nitrogen and oxygen atoms in total. The lowest BCUT2D eigenvalue weighted by Crippen LogP contribution is -2.44. The molecule has 0 saturated carbocycles. The van der Waals surface area contributed by atoms with E-state index in [1.54, 1.807) is 25.3 Å². The highest BCUT2D eigenvalue weighted by Crippen LogP contribution is 2.12. The second-order valence-corrected chi connectivity index (χ2v) is 4.83. The van der Waals surface area contributed by atoms with Crippen molar-refractivity contribution in [2.45, 2.75) is 25.6 Å². The predicted molar refractivity (Wildman–Crippen MR) is 79.4 cm³/mol. The second-order valence-electron chi connectivity index (χ2n) is 4.83. The third-order valence-corrected chi connectivity index (χ3v) is 3.25. The number of aliphatic hydroxyl groups excluding tert-OH is 1. The van der Waals surface area contributed by atoms with Crippen LogP contribution in [0.2, 0.25) is 0 Å². The van der Waals surface area contributed by atoms with Crippen molar-refractivity contribution in [3.8, 4) is 0 Å². The summed E-state index contributed by atoms with van der Waals surface area (Å²) >= 11 is 0. The molecule has 0 bridgehead atoms. The number of hydrogen-bond donors (Lipinski definition) is 3. The number of hydrogen-bond acceptors (Lipinski definition) is 4. The number of nitrogens with one attached hydrogen (secondary N) is 2. The first-order valence-corrected chi connectivity index (χ1v) is 6.92. The first-order chi connectivity index (χ1) is 10.2. The molecule has 2 atom stereocenters. The van der Waals surface area contributed by atoms with E-state index in [0.29, 0.717) is 12.3 Å². The molecule has 0 aliphatic heterocycles. The van der Waals surface area contributed by atoms with Gasteiger partial charge in [0.25, 0.3) is 0 Å². The average molecular weight is 288 g/mol. The molecule has 0 aliphatic carbocycles. The second kappa shape index (κ2) is 7.61. The van der Waals surface area contributed by atoms with Gasteiger partial charge in [0.15, 0.2) is 0 Å². The summed E-state index contributed by atoms with van der Waals surface area (Å²) in [5.74, 6) is 0.568. The van der Waals surface area contributed by atoms with Gasteiger partial charge in [-0.05, 0) is 24.6 Å². The summed E-state index contributed by atoms with van der Waals surface area (Å²) < 4.78 is 5.16. The number of aliphatic hydroxyl groups is 1. The fourth-order valence-corrected chi connectivity index (χ4v) is 2.06. The van der Waals surface area contributed by atoms with Crippen LogP contribution in [-0.4, -0.2) is 23.7 Å². The Balaban J connectivity index is 1.87. The normalized spacial score (nSPS) is 13.6. The van der Waals surface area contributed by atoms with Crippen molar-refractivity contribution >= 4 is 5.91 Å². The summed E-state index contributed by atoms with van der Waals surface area (Å²) in [4.78, 5) is 12.0. The van der Waals surface area contributed by atoms with E-state index in [4.69, 9.17) is 4.42 Å². The zero-order valence-electron chi connectivity index (χ0n) is 12.0. The fraction of sp³-hybridized carbons (Fsp3) is 0.312. The zero-order chi connectivity index (χ0) is 15.1. The largest absolute Gasteiger partial charge is 0.467 e. The van der Waals surface area contributed by atoms with Crippen LogP contribution in [0.1, 0.15) is 24.3 Å². The lowest BCUT2D eigenvalue weighted by atomic mass is 10.1. The van der Waals surface area contributed by atoms with Crippen molar-refractivity contribution in [3.05, 3.63) is 60.1 Å². The summed E-state index contributed by atoms with van der Waals surface area (Å²) in [6.45, 7) is 2.05. The van der Waals surface area contributed by atoms with Gasteiger partial charge in [0, 0.05) is 0 Å². The van der Waals surface area contributed by atoms with Crippen molar-refractivity contribution < 1.29 is 14.3 Å². The summed E-state index contributed by atoms with van der Waals surface area (Å²) in [5.41, 5.74) is 0.950. The van der Waals surface area contributed by atoms with Crippen LogP contribution >= 0.6 is 0 Å². The van der Waals surface area contributed by atoms with E-state index >= 15 is 0 Å². The van der Waals surface area contributed by atoms with Crippen LogP contribution in [0.4, 0.5) is 0 Å². The standard InChI is InChI=1S/C16H20N2O3/c1-12(16(20)17-10-14-8-5-9-21-14)18-15(11-19)13-6-3-2-4-7-13/h2-9,12,15,18-19H,10-11H2,1H3,(H,17,20). The summed E-state index contributed by atoms with van der Waals surface area (Å²) in [7, 11) is 0. The molecule has 1 aromatic carbocycles. The molecule has 0 aliphatic rings. The van der Waals surface area contributed by atoms with Gasteiger partial charge in [0.05, 0.1) is 31.5 Å². The molecule has 0 radical (unpaired) electrons. The molecule has 112 valence electrons. The summed E-state index contributed by atoms with van der Waals surface area (Å²) in [6, 6.07) is 12.5. The van der Waals surface area contributed by atoms with Crippen molar-refractivity contribution in [3.63, 3.8) is 0 Å². The first kappa shape index (κ1) is 15.3. The van der Waals surface area contributed by atoms with Crippen LogP contribution in [0.3, 0.4) is 0 Å². The molecule has 0 saturated heterocycles. The molecule has 1 amide bonds. The van der Waals surface area contributed by atoms with Crippen LogP contribution in [-0.2, 0) is 11.3 Å². The molecule has 5 heteroatoms. The molecular weight excluding hydrogens is 268 g/mol. The third kappa shape index (κ3) is 4.44. The maximum absolute atomic E-state index is 12.0. The molecule has 2 rings (SSSR count). The first-order valence-electron chi connectivity index (χ1n) is 6.92. The van der Waals surface area contributed by atoms with Gasteiger partial charge in [-0.15, -0.1) is 0 Å². The molecule has 1 aromatic heterocycles. The number of furan rings is 1. The fourth-order valence-electron chi connectivity index (χ4n) is 2.06. The van der Waals surface area contributed by atoms with Gasteiger partial charge in [-0.1, -0.05) is 30.3 Å². The van der Waals surface area contributed by atoms with Crippen LogP contribution in [0.15, 0.2) is 53.1 Å². The van der Waals surface area contributed by atoms with Gasteiger partial charge in [-0.3, -0.25) is 10.1 Å². The van der Waals surface area contributed by atoms with Gasteiger partial charge >= 0.3 is 0 Å². The Morgan fingerprint density at radius 2 is 2.00 bits per heavy atom. The quantitative estimate of drug-likeness (QED) is 0.723. The highest BCUT2D eigenvalue weighted by Gasteiger charge is 2.18. The minimum Gasteiger partial charge on any atom is -0.467 e. The van der Waals surface area contributed by atoms with E-state index in [2.05, 4.69) is 10.6 Å². The molecule has 3 N–H and O–H groups in total. The number of carbonyl (C=O) groups excluding carboxylic acids is 1. The lowest BCUT2D eigenvalue weighted by molar-refractivity contribution is -0.123. The Hall–Kier alpha value is -2.11. The summed E-state index contributed by atoms with van der Waals surface area (Å²) in [6.07, 6.45) is 1.57. The van der Waals surface area contributed by atoms with Crippen molar-refractivity contribution in [2.24, 2.45) is 0 Å².